The van der Waals surface area contributed by atoms with Crippen molar-refractivity contribution < 1.29 is 9.90 Å². The minimum Gasteiger partial charge on any atom is -0.481 e. The van der Waals surface area contributed by atoms with Gasteiger partial charge in [-0.25, -0.2) is 0 Å². The molecule has 0 saturated carbocycles. The smallest absolute Gasteiger partial charge is 0.303 e. The highest BCUT2D eigenvalue weighted by molar-refractivity contribution is 9.10. The lowest BCUT2D eigenvalue weighted by Crippen LogP contribution is -2.12. The molecule has 0 aliphatic carbocycles. The van der Waals surface area contributed by atoms with E-state index in [1.807, 2.05) is 18.2 Å². The number of aromatic amines is 1. The monoisotopic (exact) mass is 297 g/mol. The summed E-state index contributed by atoms with van der Waals surface area (Å²) in [7, 11) is 0. The number of aliphatic carboxylic acids is 1. The molecule has 4 N–H and O–H groups in total. The normalized spacial score (nSPS) is 12.8. The molecule has 1 atom stereocenters. The van der Waals surface area contributed by atoms with E-state index < -0.39 is 5.97 Å². The second-order valence-corrected chi connectivity index (χ2v) is 4.61. The summed E-state index contributed by atoms with van der Waals surface area (Å²) in [6, 6.07) is 5.34. The Hall–Kier alpha value is -1.40. The zero-order valence-corrected chi connectivity index (χ0v) is 10.6. The summed E-state index contributed by atoms with van der Waals surface area (Å²) < 4.78 is 0.772. The summed E-state index contributed by atoms with van der Waals surface area (Å²) in [5, 5.41) is 16.5. The van der Waals surface area contributed by atoms with Gasteiger partial charge < -0.3 is 10.8 Å². The summed E-state index contributed by atoms with van der Waals surface area (Å²) in [4.78, 5) is 10.5. The largest absolute Gasteiger partial charge is 0.481 e. The van der Waals surface area contributed by atoms with Crippen LogP contribution in [0.25, 0.3) is 10.9 Å². The molecule has 0 bridgehead atoms. The fourth-order valence-corrected chi connectivity index (χ4v) is 2.32. The molecule has 17 heavy (non-hydrogen) atoms. The summed E-state index contributed by atoms with van der Waals surface area (Å²) >= 11 is 3.38. The van der Waals surface area contributed by atoms with E-state index in [0.717, 1.165) is 21.1 Å². The number of nitrogens with two attached hydrogens (primary N) is 1. The number of fused-ring (bicyclic) bond motifs is 1. The first kappa shape index (κ1) is 12.1. The van der Waals surface area contributed by atoms with Crippen LogP contribution in [0.1, 0.15) is 24.4 Å². The number of aromatic nitrogens is 2. The van der Waals surface area contributed by atoms with Gasteiger partial charge in [0.05, 0.1) is 5.52 Å². The van der Waals surface area contributed by atoms with Crippen molar-refractivity contribution in [1.29, 1.82) is 0 Å². The lowest BCUT2D eigenvalue weighted by molar-refractivity contribution is -0.137. The van der Waals surface area contributed by atoms with E-state index >= 15 is 0 Å². The molecule has 0 saturated heterocycles. The Morgan fingerprint density at radius 2 is 2.35 bits per heavy atom. The van der Waals surface area contributed by atoms with Gasteiger partial charge in [-0.3, -0.25) is 9.89 Å². The molecule has 5 nitrogen and oxygen atoms in total. The highest BCUT2D eigenvalue weighted by atomic mass is 79.9. The van der Waals surface area contributed by atoms with Crippen LogP contribution in [0.15, 0.2) is 22.8 Å². The Balaban J connectivity index is 2.34. The molecule has 1 aromatic carbocycles. The minimum absolute atomic E-state index is 0.0625. The van der Waals surface area contributed by atoms with Gasteiger partial charge in [0, 0.05) is 17.8 Å². The van der Waals surface area contributed by atoms with Gasteiger partial charge in [-0.1, -0.05) is 12.1 Å². The number of benzene rings is 1. The van der Waals surface area contributed by atoms with Gasteiger partial charge in [-0.05, 0) is 34.0 Å². The average molecular weight is 298 g/mol. The first-order valence-electron chi connectivity index (χ1n) is 5.19. The molecule has 0 fully saturated rings. The molecule has 6 heteroatoms. The Bertz CT molecular complexity index is 553. The van der Waals surface area contributed by atoms with Gasteiger partial charge in [0.15, 0.2) is 0 Å². The van der Waals surface area contributed by atoms with Crippen molar-refractivity contribution in [3.63, 3.8) is 0 Å². The van der Waals surface area contributed by atoms with Crippen molar-refractivity contribution in [1.82, 2.24) is 10.2 Å². The van der Waals surface area contributed by atoms with Crippen LogP contribution in [-0.4, -0.2) is 21.3 Å². The van der Waals surface area contributed by atoms with Crippen LogP contribution in [-0.2, 0) is 4.79 Å². The van der Waals surface area contributed by atoms with E-state index in [1.54, 1.807) is 0 Å². The fraction of sp³-hybridized carbons (Fsp3) is 0.273. The predicted molar refractivity (Wildman–Crippen MR) is 67.6 cm³/mol. The lowest BCUT2D eigenvalue weighted by Gasteiger charge is -2.11. The SMILES string of the molecule is NC(CCC(=O)O)c1cccc2n[nH]c(Br)c12. The third-order valence-corrected chi connectivity index (χ3v) is 3.21. The van der Waals surface area contributed by atoms with Crippen LogP contribution in [0.4, 0.5) is 0 Å². The fourth-order valence-electron chi connectivity index (χ4n) is 1.80. The summed E-state index contributed by atoms with van der Waals surface area (Å²) in [6.07, 6.45) is 0.471. The van der Waals surface area contributed by atoms with Crippen LogP contribution >= 0.6 is 15.9 Å². The number of halogens is 1. The molecule has 90 valence electrons. The molecular weight excluding hydrogens is 286 g/mol. The number of nitrogens with one attached hydrogen (secondary N) is 1. The molecule has 1 aromatic heterocycles. The lowest BCUT2D eigenvalue weighted by atomic mass is 10.00. The molecule has 1 heterocycles. The standard InChI is InChI=1S/C11H12BrN3O2/c12-11-10-6(7(13)4-5-9(16)17)2-1-3-8(10)14-15-11/h1-3,7H,4-5,13H2,(H,14,15)(H,16,17). The Morgan fingerprint density at radius 1 is 1.59 bits per heavy atom. The molecule has 0 amide bonds. The topological polar surface area (TPSA) is 92.0 Å². The molecular formula is C11H12BrN3O2. The van der Waals surface area contributed by atoms with Gasteiger partial charge in [0.2, 0.25) is 0 Å². The quantitative estimate of drug-likeness (QED) is 0.806. The zero-order chi connectivity index (χ0) is 12.4. The number of hydrogen-bond donors (Lipinski definition) is 3. The maximum absolute atomic E-state index is 10.5. The van der Waals surface area contributed by atoms with Crippen molar-refractivity contribution in [2.24, 2.45) is 5.73 Å². The number of H-pyrrole nitrogens is 1. The van der Waals surface area contributed by atoms with Crippen molar-refractivity contribution in [2.45, 2.75) is 18.9 Å². The van der Waals surface area contributed by atoms with Gasteiger partial charge in [0.25, 0.3) is 0 Å². The van der Waals surface area contributed by atoms with Crippen molar-refractivity contribution >= 4 is 32.8 Å². The maximum atomic E-state index is 10.5. The summed E-state index contributed by atoms with van der Waals surface area (Å²) in [5.74, 6) is -0.834. The van der Waals surface area contributed by atoms with Crippen LogP contribution in [0.3, 0.4) is 0 Å². The van der Waals surface area contributed by atoms with Crippen molar-refractivity contribution in [3.05, 3.63) is 28.4 Å². The van der Waals surface area contributed by atoms with E-state index in [4.69, 9.17) is 10.8 Å². The molecule has 0 radical (unpaired) electrons. The Kier molecular flexibility index (Phi) is 3.44. The highest BCUT2D eigenvalue weighted by Gasteiger charge is 2.14. The number of hydrogen-bond acceptors (Lipinski definition) is 3. The molecule has 2 aromatic rings. The van der Waals surface area contributed by atoms with Gasteiger partial charge in [-0.2, -0.15) is 5.10 Å². The van der Waals surface area contributed by atoms with Gasteiger partial charge >= 0.3 is 5.97 Å². The first-order valence-corrected chi connectivity index (χ1v) is 5.98. The zero-order valence-electron chi connectivity index (χ0n) is 8.98. The number of carboxylic acid groups (broad SMARTS) is 1. The Morgan fingerprint density at radius 3 is 3.06 bits per heavy atom. The number of nitrogens with zero attached hydrogens (tertiary/aromatic N) is 1. The average Bonchev–Trinajstić information content (AvgIpc) is 2.68. The van der Waals surface area contributed by atoms with E-state index in [-0.39, 0.29) is 12.5 Å². The van der Waals surface area contributed by atoms with Crippen molar-refractivity contribution in [2.75, 3.05) is 0 Å². The summed E-state index contributed by atoms with van der Waals surface area (Å²) in [5.41, 5.74) is 7.74. The number of rotatable bonds is 4. The third kappa shape index (κ3) is 2.48. The highest BCUT2D eigenvalue weighted by Crippen LogP contribution is 2.29. The molecule has 1 unspecified atom stereocenters. The third-order valence-electron chi connectivity index (χ3n) is 2.64. The second-order valence-electron chi connectivity index (χ2n) is 3.82. The number of carboxylic acids is 1. The predicted octanol–water partition coefficient (Wildman–Crippen LogP) is 2.19. The number of carbonyl (C=O) groups is 1. The van der Waals surface area contributed by atoms with E-state index in [1.165, 1.54) is 0 Å². The van der Waals surface area contributed by atoms with Crippen LogP contribution in [0.2, 0.25) is 0 Å². The van der Waals surface area contributed by atoms with Crippen LogP contribution in [0, 0.1) is 0 Å². The van der Waals surface area contributed by atoms with Crippen molar-refractivity contribution in [3.8, 4) is 0 Å². The molecule has 0 aliphatic heterocycles. The van der Waals surface area contributed by atoms with Gasteiger partial charge in [-0.15, -0.1) is 0 Å². The second kappa shape index (κ2) is 4.85. The molecule has 2 rings (SSSR count). The maximum Gasteiger partial charge on any atom is 0.303 e. The molecule has 0 aliphatic rings. The van der Waals surface area contributed by atoms with Gasteiger partial charge in [0.1, 0.15) is 4.60 Å². The van der Waals surface area contributed by atoms with E-state index in [0.29, 0.717) is 6.42 Å². The van der Waals surface area contributed by atoms with Crippen LogP contribution < -0.4 is 5.73 Å². The first-order chi connectivity index (χ1) is 8.09. The summed E-state index contributed by atoms with van der Waals surface area (Å²) in [6.45, 7) is 0. The Labute approximate surface area is 106 Å². The van der Waals surface area contributed by atoms with E-state index in [2.05, 4.69) is 26.1 Å². The van der Waals surface area contributed by atoms with Crippen LogP contribution in [0.5, 0.6) is 0 Å². The minimum atomic E-state index is -0.834. The molecule has 0 spiro atoms. The van der Waals surface area contributed by atoms with E-state index in [9.17, 15) is 4.79 Å².